The van der Waals surface area contributed by atoms with Crippen LogP contribution in [0.4, 0.5) is 0 Å². The second-order valence-electron chi connectivity index (χ2n) is 3.73. The van der Waals surface area contributed by atoms with Gasteiger partial charge in [0.15, 0.2) is 5.78 Å². The fourth-order valence-electron chi connectivity index (χ4n) is 1.25. The molecule has 0 fully saturated rings. The highest BCUT2D eigenvalue weighted by Gasteiger charge is 2.18. The Hall–Kier alpha value is -1.59. The SMILES string of the molecule is CCOC(=O)C(=NOCc1ccc(Cl)cc1Cl)C(C)=O. The van der Waals surface area contributed by atoms with Gasteiger partial charge in [0.2, 0.25) is 5.71 Å². The van der Waals surface area contributed by atoms with E-state index in [1.165, 1.54) is 6.92 Å². The standard InChI is InChI=1S/C13H13Cl2NO4/c1-3-19-13(18)12(8(2)17)16-20-7-9-4-5-10(14)6-11(9)15/h4-6H,3,7H2,1-2H3. The Morgan fingerprint density at radius 2 is 2.00 bits per heavy atom. The third kappa shape index (κ3) is 4.83. The average molecular weight is 318 g/mol. The van der Waals surface area contributed by atoms with Crippen molar-refractivity contribution in [1.29, 1.82) is 0 Å². The van der Waals surface area contributed by atoms with Gasteiger partial charge in [0.05, 0.1) is 6.61 Å². The Kier molecular flexibility index (Phi) is 6.48. The molecule has 0 atom stereocenters. The van der Waals surface area contributed by atoms with E-state index in [4.69, 9.17) is 32.8 Å². The minimum absolute atomic E-state index is 0.00614. The lowest BCUT2D eigenvalue weighted by Crippen LogP contribution is -2.24. The quantitative estimate of drug-likeness (QED) is 0.350. The minimum atomic E-state index is -0.817. The number of hydrogen-bond donors (Lipinski definition) is 0. The summed E-state index contributed by atoms with van der Waals surface area (Å²) < 4.78 is 4.69. The van der Waals surface area contributed by atoms with Gasteiger partial charge in [-0.05, 0) is 19.1 Å². The van der Waals surface area contributed by atoms with Gasteiger partial charge in [0.25, 0.3) is 0 Å². The molecule has 0 saturated carbocycles. The fraction of sp³-hybridized carbons (Fsp3) is 0.308. The number of ketones is 1. The van der Waals surface area contributed by atoms with Crippen LogP contribution >= 0.6 is 23.2 Å². The van der Waals surface area contributed by atoms with E-state index in [-0.39, 0.29) is 13.2 Å². The summed E-state index contributed by atoms with van der Waals surface area (Å²) in [6, 6.07) is 4.87. The van der Waals surface area contributed by atoms with Crippen molar-refractivity contribution in [2.45, 2.75) is 20.5 Å². The van der Waals surface area contributed by atoms with Gasteiger partial charge in [-0.3, -0.25) is 4.79 Å². The number of hydrogen-bond acceptors (Lipinski definition) is 5. The number of ether oxygens (including phenoxy) is 1. The van der Waals surface area contributed by atoms with Gasteiger partial charge in [0.1, 0.15) is 6.61 Å². The van der Waals surface area contributed by atoms with E-state index in [1.807, 2.05) is 0 Å². The summed E-state index contributed by atoms with van der Waals surface area (Å²) in [7, 11) is 0. The molecule has 0 aliphatic heterocycles. The van der Waals surface area contributed by atoms with E-state index in [0.29, 0.717) is 15.6 Å². The zero-order valence-corrected chi connectivity index (χ0v) is 12.5. The van der Waals surface area contributed by atoms with Crippen LogP contribution < -0.4 is 0 Å². The second-order valence-corrected chi connectivity index (χ2v) is 4.57. The van der Waals surface area contributed by atoms with Gasteiger partial charge in [0, 0.05) is 22.5 Å². The van der Waals surface area contributed by atoms with Crippen LogP contribution in [0.15, 0.2) is 23.4 Å². The van der Waals surface area contributed by atoms with Crippen LogP contribution in [-0.2, 0) is 25.8 Å². The van der Waals surface area contributed by atoms with Crippen molar-refractivity contribution in [2.75, 3.05) is 6.61 Å². The van der Waals surface area contributed by atoms with Crippen LogP contribution in [0, 0.1) is 0 Å². The number of rotatable bonds is 6. The molecule has 0 amide bonds. The lowest BCUT2D eigenvalue weighted by atomic mass is 10.2. The number of Topliss-reactive ketones (excluding diaryl/α,β-unsaturated/α-hetero) is 1. The molecule has 0 saturated heterocycles. The Balaban J connectivity index is 2.73. The third-order valence-corrected chi connectivity index (χ3v) is 2.78. The molecule has 1 rings (SSSR count). The van der Waals surface area contributed by atoms with Gasteiger partial charge in [-0.2, -0.15) is 0 Å². The summed E-state index contributed by atoms with van der Waals surface area (Å²) in [6.07, 6.45) is 0. The molecule has 0 aliphatic rings. The normalized spacial score (nSPS) is 11.1. The maximum atomic E-state index is 11.4. The summed E-state index contributed by atoms with van der Waals surface area (Å²) >= 11 is 11.7. The largest absolute Gasteiger partial charge is 0.461 e. The van der Waals surface area contributed by atoms with Crippen molar-refractivity contribution in [2.24, 2.45) is 5.16 Å². The monoisotopic (exact) mass is 317 g/mol. The average Bonchev–Trinajstić information content (AvgIpc) is 2.36. The highest BCUT2D eigenvalue weighted by atomic mass is 35.5. The molecule has 0 heterocycles. The number of halogens is 2. The number of carbonyl (C=O) groups is 2. The zero-order chi connectivity index (χ0) is 15.1. The summed E-state index contributed by atoms with van der Waals surface area (Å²) in [5.41, 5.74) is 0.239. The molecule has 0 N–H and O–H groups in total. The molecule has 1 aromatic carbocycles. The first kappa shape index (κ1) is 16.5. The molecule has 0 aromatic heterocycles. The van der Waals surface area contributed by atoms with Gasteiger partial charge in [-0.15, -0.1) is 0 Å². The van der Waals surface area contributed by atoms with E-state index < -0.39 is 17.5 Å². The molecule has 108 valence electrons. The molecule has 5 nitrogen and oxygen atoms in total. The van der Waals surface area contributed by atoms with E-state index >= 15 is 0 Å². The van der Waals surface area contributed by atoms with Gasteiger partial charge in [-0.1, -0.05) is 34.4 Å². The van der Waals surface area contributed by atoms with E-state index in [2.05, 4.69) is 5.16 Å². The lowest BCUT2D eigenvalue weighted by molar-refractivity contribution is -0.136. The Bertz CT molecular complexity index is 543. The predicted molar refractivity (Wildman–Crippen MR) is 76.0 cm³/mol. The molecular weight excluding hydrogens is 305 g/mol. The summed E-state index contributed by atoms with van der Waals surface area (Å²) in [5, 5.41) is 4.41. The number of carbonyl (C=O) groups excluding carboxylic acids is 2. The molecule has 0 spiro atoms. The Labute approximate surface area is 126 Å². The predicted octanol–water partition coefficient (Wildman–Crippen LogP) is 3.02. The first-order valence-electron chi connectivity index (χ1n) is 5.77. The van der Waals surface area contributed by atoms with Crippen LogP contribution in [0.3, 0.4) is 0 Å². The van der Waals surface area contributed by atoms with Crippen LogP contribution in [0.5, 0.6) is 0 Å². The van der Waals surface area contributed by atoms with E-state index in [0.717, 1.165) is 0 Å². The van der Waals surface area contributed by atoms with Gasteiger partial charge in [-0.25, -0.2) is 4.79 Å². The molecule has 0 unspecified atom stereocenters. The zero-order valence-electron chi connectivity index (χ0n) is 11.0. The summed E-state index contributed by atoms with van der Waals surface area (Å²) in [5.74, 6) is -1.35. The molecule has 0 radical (unpaired) electrons. The fourth-order valence-corrected chi connectivity index (χ4v) is 1.71. The van der Waals surface area contributed by atoms with Crippen molar-refractivity contribution in [3.63, 3.8) is 0 Å². The van der Waals surface area contributed by atoms with E-state index in [9.17, 15) is 9.59 Å². The van der Waals surface area contributed by atoms with Crippen molar-refractivity contribution >= 4 is 40.7 Å². The smallest absolute Gasteiger partial charge is 0.364 e. The van der Waals surface area contributed by atoms with Crippen LogP contribution in [0.2, 0.25) is 10.0 Å². The first-order chi connectivity index (χ1) is 9.45. The third-order valence-electron chi connectivity index (χ3n) is 2.19. The molecule has 20 heavy (non-hydrogen) atoms. The summed E-state index contributed by atoms with van der Waals surface area (Å²) in [4.78, 5) is 27.7. The van der Waals surface area contributed by atoms with Crippen molar-refractivity contribution in [3.8, 4) is 0 Å². The molecule has 0 aliphatic carbocycles. The highest BCUT2D eigenvalue weighted by molar-refractivity contribution is 6.63. The molecule has 0 bridgehead atoms. The van der Waals surface area contributed by atoms with Crippen molar-refractivity contribution in [3.05, 3.63) is 33.8 Å². The maximum Gasteiger partial charge on any atom is 0.364 e. The number of oxime groups is 1. The molecule has 7 heteroatoms. The lowest BCUT2D eigenvalue weighted by Gasteiger charge is -2.05. The Morgan fingerprint density at radius 1 is 1.30 bits per heavy atom. The molecular formula is C13H13Cl2NO4. The van der Waals surface area contributed by atoms with Crippen LogP contribution in [0.25, 0.3) is 0 Å². The summed E-state index contributed by atoms with van der Waals surface area (Å²) in [6.45, 7) is 2.98. The number of benzene rings is 1. The van der Waals surface area contributed by atoms with Crippen molar-refractivity contribution in [1.82, 2.24) is 0 Å². The van der Waals surface area contributed by atoms with Gasteiger partial charge < -0.3 is 9.57 Å². The topological polar surface area (TPSA) is 65.0 Å². The maximum absolute atomic E-state index is 11.4. The van der Waals surface area contributed by atoms with Crippen molar-refractivity contribution < 1.29 is 19.2 Å². The van der Waals surface area contributed by atoms with E-state index in [1.54, 1.807) is 25.1 Å². The first-order valence-corrected chi connectivity index (χ1v) is 6.53. The second kappa shape index (κ2) is 7.87. The van der Waals surface area contributed by atoms with Gasteiger partial charge >= 0.3 is 5.97 Å². The number of esters is 1. The Morgan fingerprint density at radius 3 is 2.55 bits per heavy atom. The molecule has 1 aromatic rings. The van der Waals surface area contributed by atoms with Crippen LogP contribution in [0.1, 0.15) is 19.4 Å². The minimum Gasteiger partial charge on any atom is -0.461 e. The number of nitrogens with zero attached hydrogens (tertiary/aromatic N) is 1. The highest BCUT2D eigenvalue weighted by Crippen LogP contribution is 2.21. The van der Waals surface area contributed by atoms with Crippen LogP contribution in [-0.4, -0.2) is 24.1 Å².